The fraction of sp³-hybridized carbons (Fsp3) is 0.542. The van der Waals surface area contributed by atoms with Crippen LogP contribution in [0.5, 0.6) is 5.75 Å². The van der Waals surface area contributed by atoms with E-state index in [0.717, 1.165) is 23.3 Å². The van der Waals surface area contributed by atoms with Gasteiger partial charge in [0.15, 0.2) is 17.6 Å². The second-order valence-corrected chi connectivity index (χ2v) is 10.9. The molecule has 1 saturated carbocycles. The molecule has 0 bridgehead atoms. The number of imide groups is 1. The highest BCUT2D eigenvalue weighted by atomic mass is 16.5. The van der Waals surface area contributed by atoms with E-state index in [1.165, 1.54) is 4.90 Å². The molecule has 5 aliphatic heterocycles. The lowest BCUT2D eigenvalue weighted by Crippen LogP contribution is -2.78. The number of hydrogen-bond donors (Lipinski definition) is 6. The summed E-state index contributed by atoms with van der Waals surface area (Å²) in [6.45, 7) is 0.267. The summed E-state index contributed by atoms with van der Waals surface area (Å²) in [4.78, 5) is 49.3. The molecular weight excluding hydrogens is 496 g/mol. The number of carbonyl (C=O) groups excluding carboxylic acids is 3. The number of likely N-dealkylation sites (tertiary alicyclic amines) is 1. The highest BCUT2D eigenvalue weighted by molar-refractivity contribution is 6.02. The third kappa shape index (κ3) is 2.86. The number of fused-ring (bicyclic) bond motifs is 2. The number of guanidine groups is 2. The largest absolute Gasteiger partial charge is 0.492 e. The minimum absolute atomic E-state index is 0.0236. The lowest BCUT2D eigenvalue weighted by atomic mass is 9.84. The van der Waals surface area contributed by atoms with E-state index in [-0.39, 0.29) is 55.1 Å². The van der Waals surface area contributed by atoms with Gasteiger partial charge in [-0.2, -0.15) is 0 Å². The molecule has 5 heterocycles. The van der Waals surface area contributed by atoms with Crippen LogP contribution in [0.4, 0.5) is 0 Å². The average Bonchev–Trinajstić information content (AvgIpc) is 3.18. The zero-order chi connectivity index (χ0) is 26.6. The summed E-state index contributed by atoms with van der Waals surface area (Å²) in [7, 11) is 0. The van der Waals surface area contributed by atoms with Crippen molar-refractivity contribution in [3.63, 3.8) is 0 Å². The lowest BCUT2D eigenvalue weighted by Gasteiger charge is -2.49. The molecule has 14 nitrogen and oxygen atoms in total. The Kier molecular flexibility index (Phi) is 4.49. The fourth-order valence-corrected chi connectivity index (χ4v) is 6.63. The Morgan fingerprint density at radius 1 is 1.18 bits per heavy atom. The van der Waals surface area contributed by atoms with Crippen molar-refractivity contribution in [3.05, 3.63) is 29.3 Å². The number of benzene rings is 1. The quantitative estimate of drug-likeness (QED) is 0.174. The van der Waals surface area contributed by atoms with Crippen LogP contribution in [0.3, 0.4) is 0 Å². The summed E-state index contributed by atoms with van der Waals surface area (Å²) in [5, 5.41) is 28.9. The van der Waals surface area contributed by atoms with Gasteiger partial charge < -0.3 is 42.0 Å². The number of aliphatic hydroxyl groups is 2. The first-order valence-corrected chi connectivity index (χ1v) is 12.6. The molecule has 0 aromatic heterocycles. The zero-order valence-corrected chi connectivity index (χ0v) is 20.4. The molecule has 4 atom stereocenters. The molecule has 2 unspecified atom stereocenters. The maximum absolute atomic E-state index is 13.4. The van der Waals surface area contributed by atoms with Gasteiger partial charge in [-0.05, 0) is 18.9 Å². The molecule has 0 radical (unpaired) electrons. The number of rotatable bonds is 4. The molecule has 8 N–H and O–H groups in total. The number of amides is 3. The van der Waals surface area contributed by atoms with Gasteiger partial charge in [0.1, 0.15) is 17.8 Å². The number of ether oxygens (including phenoxy) is 1. The highest BCUT2D eigenvalue weighted by Gasteiger charge is 2.73. The van der Waals surface area contributed by atoms with E-state index in [0.29, 0.717) is 17.9 Å². The van der Waals surface area contributed by atoms with Crippen molar-refractivity contribution in [2.45, 2.75) is 60.7 Å². The second kappa shape index (κ2) is 7.35. The van der Waals surface area contributed by atoms with Crippen LogP contribution in [-0.4, -0.2) is 98.9 Å². The Hall–Kier alpha value is -3.91. The van der Waals surface area contributed by atoms with Gasteiger partial charge in [-0.3, -0.25) is 19.3 Å². The van der Waals surface area contributed by atoms with Crippen LogP contribution < -0.4 is 26.8 Å². The smallest absolute Gasteiger partial charge is 0.255 e. The van der Waals surface area contributed by atoms with Crippen molar-refractivity contribution in [2.75, 3.05) is 19.7 Å². The maximum atomic E-state index is 13.4. The molecule has 1 aromatic rings. The average molecular weight is 525 g/mol. The standard InChI is InChI=1S/C24H28N8O6/c25-20-29-18-13(8-31-15(33)4-5-16(31)34)27-21(26)32-9-14(24(36,37)23(18,32)30-20)28-19(35)11-2-1-3-12-17(11)38-10-22(12)6-7-22/h1-3,13-14,18,36-37H,4-10H2,(H2,26,27)(H,28,35)(H3,25,29,30)/t13-,14?,18-,23?/m0/s1. The summed E-state index contributed by atoms with van der Waals surface area (Å²) in [6, 6.07) is 2.25. The van der Waals surface area contributed by atoms with E-state index >= 15 is 0 Å². The number of nitrogens with two attached hydrogens (primary N) is 2. The summed E-state index contributed by atoms with van der Waals surface area (Å²) < 4.78 is 5.89. The molecular formula is C24H28N8O6. The predicted molar refractivity (Wildman–Crippen MR) is 131 cm³/mol. The molecule has 1 aromatic carbocycles. The Morgan fingerprint density at radius 3 is 2.63 bits per heavy atom. The molecule has 200 valence electrons. The van der Waals surface area contributed by atoms with Gasteiger partial charge in [0.2, 0.25) is 17.6 Å². The minimum Gasteiger partial charge on any atom is -0.492 e. The second-order valence-electron chi connectivity index (χ2n) is 10.9. The first-order chi connectivity index (χ1) is 18.1. The number of aliphatic imine (C=N–C) groups is 2. The zero-order valence-electron chi connectivity index (χ0n) is 20.4. The third-order valence-electron chi connectivity index (χ3n) is 8.81. The fourth-order valence-electron chi connectivity index (χ4n) is 6.63. The highest BCUT2D eigenvalue weighted by Crippen LogP contribution is 2.56. The minimum atomic E-state index is -2.63. The van der Waals surface area contributed by atoms with Gasteiger partial charge in [0, 0.05) is 30.4 Å². The van der Waals surface area contributed by atoms with E-state index < -0.39 is 35.5 Å². The van der Waals surface area contributed by atoms with E-state index in [1.54, 1.807) is 12.1 Å². The Labute approximate surface area is 216 Å². The molecule has 2 spiro atoms. The number of carbonyl (C=O) groups is 3. The van der Waals surface area contributed by atoms with E-state index in [2.05, 4.69) is 20.6 Å². The Balaban J connectivity index is 1.20. The summed E-state index contributed by atoms with van der Waals surface area (Å²) in [5.41, 5.74) is 11.8. The molecule has 1 aliphatic carbocycles. The number of para-hydroxylation sites is 1. The topological polar surface area (TPSA) is 208 Å². The van der Waals surface area contributed by atoms with Gasteiger partial charge in [0.05, 0.1) is 24.8 Å². The number of hydrogen-bond acceptors (Lipinski definition) is 12. The summed E-state index contributed by atoms with van der Waals surface area (Å²) in [6.07, 6.45) is 2.21. The molecule has 14 heteroatoms. The molecule has 7 rings (SSSR count). The normalized spacial score (nSPS) is 33.3. The lowest BCUT2D eigenvalue weighted by molar-refractivity contribution is -0.230. The van der Waals surface area contributed by atoms with Crippen LogP contribution in [0.1, 0.15) is 41.6 Å². The SMILES string of the molecule is NC1=N[C@H]2[C@H](CN3C(=O)CCC3=O)N=C(N)N3CC(NC(=O)c4cccc5c4OCC54CC4)C(O)(O)C23N1. The van der Waals surface area contributed by atoms with Gasteiger partial charge in [-0.15, -0.1) is 0 Å². The number of nitrogens with one attached hydrogen (secondary N) is 2. The number of nitrogens with zero attached hydrogens (tertiary/aromatic N) is 4. The van der Waals surface area contributed by atoms with E-state index in [9.17, 15) is 24.6 Å². The van der Waals surface area contributed by atoms with Crippen LogP contribution in [0.2, 0.25) is 0 Å². The van der Waals surface area contributed by atoms with E-state index in [1.807, 2.05) is 6.07 Å². The van der Waals surface area contributed by atoms with E-state index in [4.69, 9.17) is 16.2 Å². The van der Waals surface area contributed by atoms with Crippen molar-refractivity contribution < 1.29 is 29.3 Å². The van der Waals surface area contributed by atoms with Crippen LogP contribution in [0.15, 0.2) is 28.2 Å². The van der Waals surface area contributed by atoms with Crippen LogP contribution >= 0.6 is 0 Å². The van der Waals surface area contributed by atoms with Crippen molar-refractivity contribution in [2.24, 2.45) is 21.5 Å². The molecule has 3 fully saturated rings. The summed E-state index contributed by atoms with van der Waals surface area (Å²) in [5.74, 6) is -3.48. The van der Waals surface area contributed by atoms with Crippen LogP contribution in [0.25, 0.3) is 0 Å². The van der Waals surface area contributed by atoms with Gasteiger partial charge in [-0.1, -0.05) is 12.1 Å². The third-order valence-corrected chi connectivity index (χ3v) is 8.81. The van der Waals surface area contributed by atoms with Crippen LogP contribution in [0, 0.1) is 0 Å². The Bertz CT molecular complexity index is 1340. The van der Waals surface area contributed by atoms with Crippen molar-refractivity contribution >= 4 is 29.6 Å². The van der Waals surface area contributed by atoms with Crippen LogP contribution in [-0.2, 0) is 15.0 Å². The van der Waals surface area contributed by atoms with Gasteiger partial charge >= 0.3 is 0 Å². The van der Waals surface area contributed by atoms with Gasteiger partial charge in [-0.25, -0.2) is 9.98 Å². The van der Waals surface area contributed by atoms with Gasteiger partial charge in [0.25, 0.3) is 5.91 Å². The first-order valence-electron chi connectivity index (χ1n) is 12.6. The Morgan fingerprint density at radius 2 is 1.92 bits per heavy atom. The predicted octanol–water partition coefficient (Wildman–Crippen LogP) is -2.97. The first kappa shape index (κ1) is 23.2. The monoisotopic (exact) mass is 524 g/mol. The molecule has 3 amide bonds. The molecule has 2 saturated heterocycles. The van der Waals surface area contributed by atoms with Crippen molar-refractivity contribution in [1.29, 1.82) is 0 Å². The summed E-state index contributed by atoms with van der Waals surface area (Å²) >= 11 is 0. The molecule has 38 heavy (non-hydrogen) atoms. The molecule has 6 aliphatic rings. The van der Waals surface area contributed by atoms with Crippen molar-refractivity contribution in [1.82, 2.24) is 20.4 Å². The maximum Gasteiger partial charge on any atom is 0.255 e. The van der Waals surface area contributed by atoms with Crippen molar-refractivity contribution in [3.8, 4) is 5.75 Å².